The van der Waals surface area contributed by atoms with Gasteiger partial charge in [-0.2, -0.15) is 0 Å². The summed E-state index contributed by atoms with van der Waals surface area (Å²) >= 11 is 9.23. The van der Waals surface area contributed by atoms with Crippen molar-refractivity contribution < 1.29 is 14.3 Å². The van der Waals surface area contributed by atoms with E-state index < -0.39 is 0 Å². The highest BCUT2D eigenvalue weighted by Crippen LogP contribution is 2.37. The first-order chi connectivity index (χ1) is 12.4. The number of hydrogen-bond donors (Lipinski definition) is 1. The van der Waals surface area contributed by atoms with Crippen LogP contribution >= 0.6 is 46.0 Å². The van der Waals surface area contributed by atoms with E-state index in [-0.39, 0.29) is 17.5 Å². The van der Waals surface area contributed by atoms with Gasteiger partial charge < -0.3 is 5.11 Å². The van der Waals surface area contributed by atoms with Crippen LogP contribution in [0.4, 0.5) is 10.1 Å². The zero-order valence-corrected chi connectivity index (χ0v) is 17.3. The van der Waals surface area contributed by atoms with E-state index in [4.69, 9.17) is 11.6 Å². The molecule has 0 unspecified atom stereocenters. The number of nitrogens with zero attached hydrogens (tertiary/aromatic N) is 2. The van der Waals surface area contributed by atoms with E-state index in [1.807, 2.05) is 29.5 Å². The topological polar surface area (TPSA) is 52.9 Å². The van der Waals surface area contributed by atoms with E-state index in [0.717, 1.165) is 0 Å². The van der Waals surface area contributed by atoms with E-state index in [0.29, 0.717) is 36.5 Å². The van der Waals surface area contributed by atoms with Crippen LogP contribution in [-0.2, 0) is 4.79 Å². The molecule has 1 saturated heterocycles. The average molecular weight is 503 g/mol. The van der Waals surface area contributed by atoms with Crippen molar-refractivity contribution in [2.24, 2.45) is 4.99 Å². The maximum atomic E-state index is 13.1. The lowest BCUT2D eigenvalue weighted by Crippen LogP contribution is -2.28. The number of benzene rings is 2. The van der Waals surface area contributed by atoms with Crippen molar-refractivity contribution in [3.05, 3.63) is 61.3 Å². The molecule has 0 radical (unpaired) electrons. The maximum Gasteiger partial charge on any atom is 0.266 e. The summed E-state index contributed by atoms with van der Waals surface area (Å²) in [6.07, 6.45) is 1.60. The van der Waals surface area contributed by atoms with Gasteiger partial charge in [0.2, 0.25) is 0 Å². The van der Waals surface area contributed by atoms with Crippen LogP contribution in [0.15, 0.2) is 46.3 Å². The number of hydrogen-bond acceptors (Lipinski definition) is 4. The van der Waals surface area contributed by atoms with Crippen LogP contribution < -0.4 is 0 Å². The number of likely N-dealkylation sites (N-methyl/N-ethyl adjacent to an activating group) is 1. The lowest BCUT2D eigenvalue weighted by atomic mass is 10.2. The highest BCUT2D eigenvalue weighted by atomic mass is 127. The second-order valence-corrected chi connectivity index (χ2v) is 7.96. The van der Waals surface area contributed by atoms with Gasteiger partial charge in [-0.15, -0.1) is 0 Å². The summed E-state index contributed by atoms with van der Waals surface area (Å²) in [5.74, 6) is -0.473. The summed E-state index contributed by atoms with van der Waals surface area (Å²) in [6, 6.07) is 8.98. The van der Waals surface area contributed by atoms with Gasteiger partial charge in [-0.05, 0) is 83.8 Å². The Kier molecular flexibility index (Phi) is 5.89. The Morgan fingerprint density at radius 3 is 2.69 bits per heavy atom. The summed E-state index contributed by atoms with van der Waals surface area (Å²) in [5.41, 5.74) is 1.03. The molecular weight excluding hydrogens is 490 g/mol. The normalized spacial score (nSPS) is 17.5. The van der Waals surface area contributed by atoms with Crippen LogP contribution in [0.2, 0.25) is 5.02 Å². The van der Waals surface area contributed by atoms with Gasteiger partial charge in [0.15, 0.2) is 5.17 Å². The highest BCUT2D eigenvalue weighted by Gasteiger charge is 2.32. The first kappa shape index (κ1) is 19.2. The molecule has 3 rings (SSSR count). The molecule has 26 heavy (non-hydrogen) atoms. The molecule has 0 bridgehead atoms. The zero-order valence-electron chi connectivity index (χ0n) is 13.5. The molecule has 1 fully saturated rings. The minimum atomic E-state index is -0.344. The van der Waals surface area contributed by atoms with Crippen molar-refractivity contribution in [1.29, 1.82) is 0 Å². The van der Waals surface area contributed by atoms with E-state index >= 15 is 0 Å². The zero-order chi connectivity index (χ0) is 18.8. The Morgan fingerprint density at radius 1 is 1.35 bits per heavy atom. The van der Waals surface area contributed by atoms with Crippen molar-refractivity contribution in [2.75, 3.05) is 6.54 Å². The molecule has 0 aliphatic carbocycles. The highest BCUT2D eigenvalue weighted by molar-refractivity contribution is 14.1. The molecular formula is C18H13ClFIN2O2S. The number of phenols is 1. The Bertz CT molecular complexity index is 932. The van der Waals surface area contributed by atoms with Gasteiger partial charge in [0, 0.05) is 17.1 Å². The van der Waals surface area contributed by atoms with Crippen molar-refractivity contribution in [2.45, 2.75) is 6.92 Å². The van der Waals surface area contributed by atoms with E-state index in [9.17, 15) is 14.3 Å². The Labute approximate surface area is 172 Å². The molecule has 1 aliphatic heterocycles. The Hall–Kier alpha value is -1.58. The van der Waals surface area contributed by atoms with Crippen LogP contribution in [0.25, 0.3) is 6.08 Å². The Morgan fingerprint density at radius 2 is 2.04 bits per heavy atom. The summed E-state index contributed by atoms with van der Waals surface area (Å²) in [5, 5.41) is 11.2. The van der Waals surface area contributed by atoms with E-state index in [1.54, 1.807) is 30.3 Å². The number of carbonyl (C=O) groups is 1. The molecule has 2 aromatic rings. The van der Waals surface area contributed by atoms with Crippen molar-refractivity contribution in [1.82, 2.24) is 4.90 Å². The fourth-order valence-electron chi connectivity index (χ4n) is 2.33. The van der Waals surface area contributed by atoms with Gasteiger partial charge in [-0.3, -0.25) is 9.69 Å². The minimum absolute atomic E-state index is 0.0721. The monoisotopic (exact) mass is 502 g/mol. The van der Waals surface area contributed by atoms with Crippen molar-refractivity contribution >= 4 is 68.8 Å². The van der Waals surface area contributed by atoms with Crippen LogP contribution in [0.3, 0.4) is 0 Å². The molecule has 1 aliphatic rings. The molecule has 8 heteroatoms. The molecule has 2 aromatic carbocycles. The third-order valence-electron chi connectivity index (χ3n) is 3.60. The summed E-state index contributed by atoms with van der Waals surface area (Å²) in [6.45, 7) is 2.30. The molecule has 134 valence electrons. The van der Waals surface area contributed by atoms with Gasteiger partial charge in [0.25, 0.3) is 5.91 Å². The SMILES string of the molecule is CCN1C(=O)/C(=C\c2cc(Cl)cc(I)c2O)SC1=Nc1ccc(F)cc1. The quantitative estimate of drug-likeness (QED) is 0.451. The second kappa shape index (κ2) is 7.98. The molecule has 1 heterocycles. The third-order valence-corrected chi connectivity index (χ3v) is 5.65. The number of amidine groups is 1. The van der Waals surface area contributed by atoms with E-state index in [2.05, 4.69) is 4.99 Å². The van der Waals surface area contributed by atoms with Crippen LogP contribution in [0, 0.1) is 9.39 Å². The van der Waals surface area contributed by atoms with Gasteiger partial charge in [-0.25, -0.2) is 9.38 Å². The maximum absolute atomic E-state index is 13.1. The van der Waals surface area contributed by atoms with Crippen molar-refractivity contribution in [3.63, 3.8) is 0 Å². The summed E-state index contributed by atoms with van der Waals surface area (Å²) < 4.78 is 13.7. The number of phenolic OH excluding ortho intramolecular Hbond substituents is 1. The fraction of sp³-hybridized carbons (Fsp3) is 0.111. The molecule has 0 aromatic heterocycles. The van der Waals surface area contributed by atoms with Crippen LogP contribution in [0.1, 0.15) is 12.5 Å². The van der Waals surface area contributed by atoms with Gasteiger partial charge >= 0.3 is 0 Å². The smallest absolute Gasteiger partial charge is 0.266 e. The van der Waals surface area contributed by atoms with Gasteiger partial charge in [0.05, 0.1) is 14.2 Å². The molecule has 4 nitrogen and oxygen atoms in total. The molecule has 0 spiro atoms. The number of rotatable bonds is 3. The average Bonchev–Trinajstić information content (AvgIpc) is 2.89. The predicted octanol–water partition coefficient (Wildman–Crippen LogP) is 5.41. The van der Waals surface area contributed by atoms with Crippen LogP contribution in [0.5, 0.6) is 5.75 Å². The number of aliphatic imine (C=N–C) groups is 1. The first-order valence-electron chi connectivity index (χ1n) is 7.62. The number of thioether (sulfide) groups is 1. The van der Waals surface area contributed by atoms with E-state index in [1.165, 1.54) is 28.8 Å². The number of carbonyl (C=O) groups excluding carboxylic acids is 1. The lowest BCUT2D eigenvalue weighted by molar-refractivity contribution is -0.122. The number of halogens is 3. The van der Waals surface area contributed by atoms with Crippen LogP contribution in [-0.4, -0.2) is 27.6 Å². The lowest BCUT2D eigenvalue weighted by Gasteiger charge is -2.11. The summed E-state index contributed by atoms with van der Waals surface area (Å²) in [7, 11) is 0. The molecule has 1 amide bonds. The Balaban J connectivity index is 1.98. The third kappa shape index (κ3) is 4.05. The molecule has 0 atom stereocenters. The number of aromatic hydroxyl groups is 1. The number of amides is 1. The first-order valence-corrected chi connectivity index (χ1v) is 9.90. The predicted molar refractivity (Wildman–Crippen MR) is 112 cm³/mol. The second-order valence-electron chi connectivity index (χ2n) is 5.36. The molecule has 1 N–H and O–H groups in total. The summed E-state index contributed by atoms with van der Waals surface area (Å²) in [4.78, 5) is 19.1. The standard InChI is InChI=1S/C18H13ClFIN2O2S/c1-2-23-17(25)15(8-10-7-11(19)9-14(21)16(10)24)26-18(23)22-13-5-3-12(20)4-6-13/h3-9,24H,2H2,1H3/b15-8+,22-18?. The van der Waals surface area contributed by atoms with Crippen molar-refractivity contribution in [3.8, 4) is 5.75 Å². The molecule has 0 saturated carbocycles. The largest absolute Gasteiger partial charge is 0.506 e. The van der Waals surface area contributed by atoms with Gasteiger partial charge in [0.1, 0.15) is 11.6 Å². The minimum Gasteiger partial charge on any atom is -0.506 e. The fourth-order valence-corrected chi connectivity index (χ4v) is 4.44. The van der Waals surface area contributed by atoms with Gasteiger partial charge in [-0.1, -0.05) is 11.6 Å².